The van der Waals surface area contributed by atoms with Gasteiger partial charge in [0.1, 0.15) is 11.5 Å². The van der Waals surface area contributed by atoms with Gasteiger partial charge in [-0.1, -0.05) is 13.8 Å². The van der Waals surface area contributed by atoms with Crippen molar-refractivity contribution in [2.45, 2.75) is 72.3 Å². The van der Waals surface area contributed by atoms with Gasteiger partial charge in [-0.05, 0) is 64.5 Å². The molecular formula is C28H40N6O3. The lowest BCUT2D eigenvalue weighted by Gasteiger charge is -2.47. The van der Waals surface area contributed by atoms with Crippen LogP contribution in [0.1, 0.15) is 90.7 Å². The number of hydrogen-bond acceptors (Lipinski definition) is 8. The Balaban J connectivity index is 1.55. The van der Waals surface area contributed by atoms with Crippen LogP contribution in [0.4, 0.5) is 11.6 Å². The van der Waals surface area contributed by atoms with E-state index in [1.807, 2.05) is 24.8 Å². The van der Waals surface area contributed by atoms with Crippen LogP contribution in [0.25, 0.3) is 0 Å². The third-order valence-corrected chi connectivity index (χ3v) is 7.45. The third-order valence-electron chi connectivity index (χ3n) is 7.45. The highest BCUT2D eigenvalue weighted by Crippen LogP contribution is 2.30. The van der Waals surface area contributed by atoms with Crippen molar-refractivity contribution in [2.24, 2.45) is 0 Å². The van der Waals surface area contributed by atoms with Crippen molar-refractivity contribution in [3.8, 4) is 0 Å². The van der Waals surface area contributed by atoms with E-state index in [0.717, 1.165) is 48.8 Å². The molecule has 0 aliphatic carbocycles. The van der Waals surface area contributed by atoms with Gasteiger partial charge in [-0.25, -0.2) is 19.7 Å². The van der Waals surface area contributed by atoms with Gasteiger partial charge in [0.2, 0.25) is 0 Å². The molecule has 0 N–H and O–H groups in total. The van der Waals surface area contributed by atoms with Crippen LogP contribution in [0, 0.1) is 13.8 Å². The lowest BCUT2D eigenvalue weighted by molar-refractivity contribution is 0.0505. The van der Waals surface area contributed by atoms with E-state index in [-0.39, 0.29) is 17.8 Å². The molecule has 2 aliphatic rings. The van der Waals surface area contributed by atoms with Crippen molar-refractivity contribution in [3.05, 3.63) is 40.5 Å². The number of rotatable bonds is 5. The third kappa shape index (κ3) is 5.40. The molecule has 37 heavy (non-hydrogen) atoms. The molecule has 0 radical (unpaired) electrons. The van der Waals surface area contributed by atoms with Gasteiger partial charge >= 0.3 is 5.97 Å². The van der Waals surface area contributed by atoms with Crippen LogP contribution in [-0.4, -0.2) is 77.1 Å². The number of ether oxygens (including phenoxy) is 1. The smallest absolute Gasteiger partial charge is 0.339 e. The maximum atomic E-state index is 13.7. The summed E-state index contributed by atoms with van der Waals surface area (Å²) in [7, 11) is 1.38. The monoisotopic (exact) mass is 508 g/mol. The first-order valence-corrected chi connectivity index (χ1v) is 13.3. The van der Waals surface area contributed by atoms with E-state index in [1.165, 1.54) is 13.5 Å². The number of carbonyl (C=O) groups excluding carboxylic acids is 2. The minimum absolute atomic E-state index is 0.0920. The molecular weight excluding hydrogens is 468 g/mol. The first-order valence-electron chi connectivity index (χ1n) is 13.3. The zero-order valence-electron chi connectivity index (χ0n) is 23.3. The SMILES string of the molecule is COC(=O)c1c(C)cc(N2CCN(C(=O)c3cnc(N4CCCCC4)c(C(C)C)n3)C(C)(C)C2)nc1C. The first-order chi connectivity index (χ1) is 17.5. The highest BCUT2D eigenvalue weighted by molar-refractivity contribution is 5.93. The molecule has 200 valence electrons. The summed E-state index contributed by atoms with van der Waals surface area (Å²) in [5, 5.41) is 0. The molecule has 0 atom stereocenters. The fraction of sp³-hybridized carbons (Fsp3) is 0.607. The number of methoxy groups -OCH3 is 1. The van der Waals surface area contributed by atoms with Crippen molar-refractivity contribution in [2.75, 3.05) is 49.6 Å². The highest BCUT2D eigenvalue weighted by Gasteiger charge is 2.39. The maximum absolute atomic E-state index is 13.7. The average Bonchev–Trinajstić information content (AvgIpc) is 2.87. The molecule has 0 spiro atoms. The van der Waals surface area contributed by atoms with E-state index in [4.69, 9.17) is 19.7 Å². The van der Waals surface area contributed by atoms with Gasteiger partial charge in [0.15, 0.2) is 5.82 Å². The molecule has 2 aromatic heterocycles. The second-order valence-electron chi connectivity index (χ2n) is 11.1. The van der Waals surface area contributed by atoms with Crippen molar-refractivity contribution in [1.82, 2.24) is 19.9 Å². The number of anilines is 2. The number of hydrogen-bond donors (Lipinski definition) is 0. The number of piperidine rings is 1. The van der Waals surface area contributed by atoms with E-state index >= 15 is 0 Å². The summed E-state index contributed by atoms with van der Waals surface area (Å²) in [4.78, 5) is 46.6. The highest BCUT2D eigenvalue weighted by atomic mass is 16.5. The van der Waals surface area contributed by atoms with E-state index in [9.17, 15) is 9.59 Å². The zero-order chi connectivity index (χ0) is 26.9. The minimum Gasteiger partial charge on any atom is -0.465 e. The molecule has 9 heteroatoms. The largest absolute Gasteiger partial charge is 0.465 e. The Morgan fingerprint density at radius 1 is 1.00 bits per heavy atom. The van der Waals surface area contributed by atoms with E-state index in [2.05, 4.69) is 37.5 Å². The molecule has 2 saturated heterocycles. The predicted octanol–water partition coefficient (Wildman–Crippen LogP) is 4.13. The van der Waals surface area contributed by atoms with E-state index in [0.29, 0.717) is 36.6 Å². The van der Waals surface area contributed by atoms with Crippen LogP contribution in [0.3, 0.4) is 0 Å². The molecule has 0 bridgehead atoms. The second-order valence-corrected chi connectivity index (χ2v) is 11.1. The lowest BCUT2D eigenvalue weighted by Crippen LogP contribution is -2.61. The number of aryl methyl sites for hydroxylation is 2. The Labute approximate surface area is 220 Å². The maximum Gasteiger partial charge on any atom is 0.339 e. The molecule has 2 aliphatic heterocycles. The summed E-state index contributed by atoms with van der Waals surface area (Å²) in [6.45, 7) is 15.8. The minimum atomic E-state index is -0.453. The van der Waals surface area contributed by atoms with Gasteiger partial charge in [-0.2, -0.15) is 0 Å². The van der Waals surface area contributed by atoms with Gasteiger partial charge < -0.3 is 19.4 Å². The first kappa shape index (κ1) is 26.8. The Hall–Kier alpha value is -3.23. The van der Waals surface area contributed by atoms with Crippen LogP contribution < -0.4 is 9.80 Å². The molecule has 0 unspecified atom stereocenters. The number of carbonyl (C=O) groups is 2. The lowest BCUT2D eigenvalue weighted by atomic mass is 9.97. The number of aromatic nitrogens is 3. The predicted molar refractivity (Wildman–Crippen MR) is 145 cm³/mol. The number of nitrogens with zero attached hydrogens (tertiary/aromatic N) is 6. The van der Waals surface area contributed by atoms with Gasteiger partial charge in [-0.3, -0.25) is 4.79 Å². The standard InChI is InChI=1S/C28H40N6O3/c1-18(2)24-25(32-11-9-8-10-12-32)29-16-21(31-24)26(35)34-14-13-33(17-28(34,5)6)22-15-19(3)23(20(4)30-22)27(36)37-7/h15-16,18H,8-14,17H2,1-7H3. The van der Waals surface area contributed by atoms with Crippen molar-refractivity contribution >= 4 is 23.5 Å². The summed E-state index contributed by atoms with van der Waals surface area (Å²) < 4.78 is 4.91. The Morgan fingerprint density at radius 3 is 2.30 bits per heavy atom. The summed E-state index contributed by atoms with van der Waals surface area (Å²) >= 11 is 0. The van der Waals surface area contributed by atoms with Crippen molar-refractivity contribution in [1.29, 1.82) is 0 Å². The van der Waals surface area contributed by atoms with Crippen LogP contribution in [0.2, 0.25) is 0 Å². The zero-order valence-corrected chi connectivity index (χ0v) is 23.3. The van der Waals surface area contributed by atoms with Gasteiger partial charge in [0.25, 0.3) is 5.91 Å². The average molecular weight is 509 g/mol. The summed E-state index contributed by atoms with van der Waals surface area (Å²) in [6, 6.07) is 1.92. The van der Waals surface area contributed by atoms with Crippen LogP contribution >= 0.6 is 0 Å². The van der Waals surface area contributed by atoms with Crippen molar-refractivity contribution < 1.29 is 14.3 Å². The summed E-state index contributed by atoms with van der Waals surface area (Å²) in [5.41, 5.74) is 2.82. The van der Waals surface area contributed by atoms with Crippen LogP contribution in [0.15, 0.2) is 12.3 Å². The summed E-state index contributed by atoms with van der Waals surface area (Å²) in [5.74, 6) is 1.43. The van der Waals surface area contributed by atoms with Gasteiger partial charge in [0.05, 0.1) is 35.8 Å². The van der Waals surface area contributed by atoms with Crippen molar-refractivity contribution in [3.63, 3.8) is 0 Å². The fourth-order valence-corrected chi connectivity index (χ4v) is 5.49. The topological polar surface area (TPSA) is 91.8 Å². The molecule has 4 heterocycles. The molecule has 4 rings (SSSR count). The number of esters is 1. The van der Waals surface area contributed by atoms with Gasteiger partial charge in [-0.15, -0.1) is 0 Å². The van der Waals surface area contributed by atoms with E-state index < -0.39 is 5.54 Å². The number of amides is 1. The summed E-state index contributed by atoms with van der Waals surface area (Å²) in [6.07, 6.45) is 5.23. The van der Waals surface area contributed by atoms with Crippen LogP contribution in [-0.2, 0) is 4.74 Å². The quantitative estimate of drug-likeness (QED) is 0.557. The number of piperazine rings is 1. The number of pyridine rings is 1. The normalized spacial score (nSPS) is 17.8. The molecule has 2 fully saturated rings. The second kappa shape index (κ2) is 10.6. The van der Waals surface area contributed by atoms with E-state index in [1.54, 1.807) is 6.20 Å². The fourth-order valence-electron chi connectivity index (χ4n) is 5.49. The van der Waals surface area contributed by atoms with Gasteiger partial charge in [0, 0.05) is 32.7 Å². The molecule has 1 amide bonds. The Bertz CT molecular complexity index is 1150. The molecule has 0 aromatic carbocycles. The Morgan fingerprint density at radius 2 is 1.70 bits per heavy atom. The molecule has 9 nitrogen and oxygen atoms in total. The molecule has 2 aromatic rings. The molecule has 0 saturated carbocycles. The van der Waals surface area contributed by atoms with Crippen LogP contribution in [0.5, 0.6) is 0 Å². The Kier molecular flexibility index (Phi) is 7.71.